The Labute approximate surface area is 27.5 Å². The average Bonchev–Trinajstić information content (AvgIpc) is 1.41. The van der Waals surface area contributed by atoms with Gasteiger partial charge in [0.15, 0.2) is 0 Å². The molecule has 0 radical (unpaired) electrons. The fourth-order valence-electron chi connectivity index (χ4n) is 0. The van der Waals surface area contributed by atoms with Crippen LogP contribution in [-0.2, 0) is 0 Å². The normalized spacial score (nSPS) is 10.8. The van der Waals surface area contributed by atoms with Crippen molar-refractivity contribution in [2.45, 2.75) is 0 Å². The van der Waals surface area contributed by atoms with Gasteiger partial charge in [0.05, 0.1) is 0 Å². The maximum absolute atomic E-state index is 6.29. The van der Waals surface area contributed by atoms with Gasteiger partial charge in [0.25, 0.3) is 0 Å². The molecule has 0 bridgehead atoms. The second-order valence-corrected chi connectivity index (χ2v) is 0.530. The standard InChI is InChI=1S/C2H8N2/c1-4-2-3/h4H,2-3H2,1H3/i/hD. The van der Waals surface area contributed by atoms with Gasteiger partial charge < -0.3 is 11.0 Å². The number of hydrogen-bond acceptors (Lipinski definition) is 2. The highest BCUT2D eigenvalue weighted by Crippen LogP contribution is 1.15. The van der Waals surface area contributed by atoms with Gasteiger partial charge in [-0.15, -0.1) is 0 Å². The summed E-state index contributed by atoms with van der Waals surface area (Å²) in [5, 5.41) is 2.72. The van der Waals surface area contributed by atoms with Crippen molar-refractivity contribution in [3.8, 4) is 0 Å². The van der Waals surface area contributed by atoms with Crippen LogP contribution in [0, 0.1) is 0 Å². The van der Waals surface area contributed by atoms with Gasteiger partial charge in [-0.1, -0.05) is 0 Å². The summed E-state index contributed by atoms with van der Waals surface area (Å²) in [6.07, 6.45) is 0. The Morgan fingerprint density at radius 2 is 3.25 bits per heavy atom. The third kappa shape index (κ3) is 1.92. The van der Waals surface area contributed by atoms with Crippen molar-refractivity contribution >= 4 is 0 Å². The van der Waals surface area contributed by atoms with Crippen molar-refractivity contribution in [1.82, 2.24) is 5.32 Å². The second-order valence-electron chi connectivity index (χ2n) is 0.530. The van der Waals surface area contributed by atoms with Crippen molar-refractivity contribution < 1.29 is 1.41 Å². The van der Waals surface area contributed by atoms with Crippen molar-refractivity contribution in [2.75, 3.05) is 13.7 Å². The van der Waals surface area contributed by atoms with Crippen molar-refractivity contribution in [3.63, 3.8) is 0 Å². The lowest BCUT2D eigenvalue weighted by atomic mass is 11.1. The summed E-state index contributed by atoms with van der Waals surface area (Å²) in [4.78, 5) is 0. The molecule has 0 atom stereocenters. The minimum atomic E-state index is 0.556. The van der Waals surface area contributed by atoms with E-state index in [0.717, 1.165) is 0 Å². The van der Waals surface area contributed by atoms with E-state index in [4.69, 9.17) is 1.41 Å². The third-order valence-corrected chi connectivity index (χ3v) is 0.177. The van der Waals surface area contributed by atoms with Crippen LogP contribution in [0.5, 0.6) is 0 Å². The molecular weight excluding hydrogens is 52.0 g/mol. The molecule has 0 amide bonds. The van der Waals surface area contributed by atoms with E-state index in [-0.39, 0.29) is 0 Å². The van der Waals surface area contributed by atoms with Gasteiger partial charge in [-0.3, -0.25) is 0 Å². The van der Waals surface area contributed by atoms with Gasteiger partial charge in [0, 0.05) is 6.67 Å². The van der Waals surface area contributed by atoms with Gasteiger partial charge in [-0.2, -0.15) is 0 Å². The molecule has 0 aromatic rings. The molecule has 0 rings (SSSR count). The predicted octanol–water partition coefficient (Wildman–Crippen LogP) is -0.878. The van der Waals surface area contributed by atoms with Crippen LogP contribution in [0.25, 0.3) is 0 Å². The van der Waals surface area contributed by atoms with Gasteiger partial charge in [0.2, 0.25) is 0 Å². The molecule has 4 heavy (non-hydrogen) atoms. The van der Waals surface area contributed by atoms with Gasteiger partial charge in [-0.25, -0.2) is 0 Å². The van der Waals surface area contributed by atoms with E-state index in [1.807, 2.05) is 0 Å². The zero-order chi connectivity index (χ0) is 4.12. The maximum atomic E-state index is 6.29. The Hall–Kier alpha value is -0.0800. The Kier molecular flexibility index (Phi) is 1.59. The van der Waals surface area contributed by atoms with Crippen LogP contribution >= 0.6 is 0 Å². The molecule has 0 aromatic carbocycles. The van der Waals surface area contributed by atoms with Crippen LogP contribution in [-0.4, -0.2) is 13.7 Å². The summed E-state index contributed by atoms with van der Waals surface area (Å²) in [5.41, 5.74) is 2.16. The molecule has 0 spiro atoms. The largest absolute Gasteiger partial charge is 0.319 e. The molecule has 2 heteroatoms. The van der Waals surface area contributed by atoms with Crippen LogP contribution in [0.3, 0.4) is 0 Å². The van der Waals surface area contributed by atoms with E-state index in [9.17, 15) is 0 Å². The van der Waals surface area contributed by atoms with E-state index in [2.05, 4.69) is 11.0 Å². The summed E-state index contributed by atoms with van der Waals surface area (Å²) < 4.78 is 6.29. The molecule has 3 N–H and O–H groups in total. The van der Waals surface area contributed by atoms with Gasteiger partial charge >= 0.3 is 0 Å². The molecular formula is C2H8N2. The number of hydrogen-bond donors (Lipinski definition) is 2. The molecule has 0 aliphatic carbocycles. The molecule has 26 valence electrons. The molecule has 0 aliphatic rings. The average molecular weight is 61.1 g/mol. The first-order chi connectivity index (χ1) is 2.41. The predicted molar refractivity (Wildman–Crippen MR) is 18.1 cm³/mol. The summed E-state index contributed by atoms with van der Waals surface area (Å²) in [6.45, 7) is 0.556. The van der Waals surface area contributed by atoms with Crippen LogP contribution in [0.2, 0.25) is 1.41 Å². The highest BCUT2D eigenvalue weighted by atomic mass is 14.9. The SMILES string of the molecule is [2H]NCNC. The molecule has 0 saturated heterocycles. The first kappa shape index (κ1) is 2.18. The minimum absolute atomic E-state index is 0.556. The van der Waals surface area contributed by atoms with Crippen molar-refractivity contribution in [1.29, 1.82) is 0 Å². The molecule has 0 fully saturated rings. The van der Waals surface area contributed by atoms with E-state index in [1.165, 1.54) is 0 Å². The highest BCUT2D eigenvalue weighted by Gasteiger charge is 1.49. The van der Waals surface area contributed by atoms with Crippen LogP contribution in [0.1, 0.15) is 0 Å². The number of nitrogens with two attached hydrogens (primary N) is 1. The molecule has 2 nitrogen and oxygen atoms in total. The second kappa shape index (κ2) is 2.92. The molecule has 0 unspecified atom stereocenters. The maximum Gasteiger partial charge on any atom is 0.120 e. The Morgan fingerprint density at radius 3 is 3.25 bits per heavy atom. The number of nitrogens with one attached hydrogen (secondary N) is 1. The topological polar surface area (TPSA) is 38.0 Å². The molecule has 0 heterocycles. The molecule has 0 aliphatic heterocycles. The van der Waals surface area contributed by atoms with Crippen LogP contribution < -0.4 is 11.0 Å². The van der Waals surface area contributed by atoms with Crippen LogP contribution in [0.15, 0.2) is 0 Å². The first-order valence-corrected chi connectivity index (χ1v) is 1.21. The third-order valence-electron chi connectivity index (χ3n) is 0.177. The summed E-state index contributed by atoms with van der Waals surface area (Å²) in [5.74, 6) is 0. The van der Waals surface area contributed by atoms with E-state index >= 15 is 0 Å². The Bertz CT molecular complexity index is 15.1. The smallest absolute Gasteiger partial charge is 0.120 e. The minimum Gasteiger partial charge on any atom is -0.319 e. The van der Waals surface area contributed by atoms with E-state index < -0.39 is 0 Å². The monoisotopic (exact) mass is 61.1 g/mol. The Balaban J connectivity index is 2.19. The quantitative estimate of drug-likeness (QED) is 0.407. The Morgan fingerprint density at radius 1 is 2.50 bits per heavy atom. The van der Waals surface area contributed by atoms with Crippen molar-refractivity contribution in [2.24, 2.45) is 5.73 Å². The first-order valence-electron chi connectivity index (χ1n) is 1.71. The van der Waals surface area contributed by atoms with Crippen LogP contribution in [0.4, 0.5) is 0 Å². The lowest BCUT2D eigenvalue weighted by Crippen LogP contribution is -2.15. The lowest BCUT2D eigenvalue weighted by molar-refractivity contribution is 0.833. The summed E-state index contributed by atoms with van der Waals surface area (Å²) in [7, 11) is 1.78. The van der Waals surface area contributed by atoms with E-state index in [1.54, 1.807) is 7.05 Å². The van der Waals surface area contributed by atoms with Crippen molar-refractivity contribution in [3.05, 3.63) is 0 Å². The lowest BCUT2D eigenvalue weighted by Gasteiger charge is -1.77. The zero-order valence-corrected chi connectivity index (χ0v) is 2.71. The van der Waals surface area contributed by atoms with Gasteiger partial charge in [0.1, 0.15) is 1.41 Å². The fourth-order valence-corrected chi connectivity index (χ4v) is 0. The molecule has 0 aromatic heterocycles. The summed E-state index contributed by atoms with van der Waals surface area (Å²) >= 11 is 0. The fraction of sp³-hybridized carbons (Fsp3) is 1.00. The molecule has 0 saturated carbocycles. The number of rotatable bonds is 2. The van der Waals surface area contributed by atoms with E-state index in [0.29, 0.717) is 6.67 Å². The summed E-state index contributed by atoms with van der Waals surface area (Å²) in [6, 6.07) is 0. The highest BCUT2D eigenvalue weighted by molar-refractivity contribution is 4.12. The van der Waals surface area contributed by atoms with Gasteiger partial charge in [-0.05, 0) is 7.05 Å². The zero-order valence-electron chi connectivity index (χ0n) is 3.71.